The Morgan fingerprint density at radius 2 is 1.18 bits per heavy atom. The number of aliphatic hydroxyl groups is 2. The van der Waals surface area contributed by atoms with Crippen LogP contribution in [0.4, 0.5) is 0 Å². The SMILES string of the molecule is CC(C)(C(=O)O)c1ccc(C(O)CCCN2CCC(C(O)(c3ccccc3)c3ccccc3)CC2)cc1.CCCCCCCC/C=C\CCCCCCCC(=O)O. The summed E-state index contributed by atoms with van der Waals surface area (Å²) in [6.45, 7) is 8.37. The molecule has 1 saturated heterocycles. The van der Waals surface area contributed by atoms with Crippen molar-refractivity contribution in [1.82, 2.24) is 4.90 Å². The average molecular weight is 784 g/mol. The minimum atomic E-state index is -1.01. The highest BCUT2D eigenvalue weighted by Gasteiger charge is 2.41. The second kappa shape index (κ2) is 26.3. The molecular weight excluding hydrogens is 711 g/mol. The fraction of sp³-hybridized carbons (Fsp3) is 0.560. The van der Waals surface area contributed by atoms with Gasteiger partial charge in [0.05, 0.1) is 11.5 Å². The number of carboxylic acid groups (broad SMARTS) is 2. The predicted molar refractivity (Wildman–Crippen MR) is 233 cm³/mol. The Morgan fingerprint density at radius 3 is 1.67 bits per heavy atom. The summed E-state index contributed by atoms with van der Waals surface area (Å²) in [6.07, 6.45) is 24.0. The van der Waals surface area contributed by atoms with Gasteiger partial charge in [0, 0.05) is 6.42 Å². The van der Waals surface area contributed by atoms with Crippen molar-refractivity contribution >= 4 is 11.9 Å². The Balaban J connectivity index is 0.000000371. The van der Waals surface area contributed by atoms with E-state index in [0.29, 0.717) is 12.8 Å². The van der Waals surface area contributed by atoms with Crippen LogP contribution in [0, 0.1) is 5.92 Å². The zero-order chi connectivity index (χ0) is 41.4. The number of hydrogen-bond acceptors (Lipinski definition) is 5. The maximum atomic E-state index is 12.1. The largest absolute Gasteiger partial charge is 0.481 e. The third-order valence-corrected chi connectivity index (χ3v) is 11.8. The Labute approximate surface area is 344 Å². The molecule has 0 aliphatic carbocycles. The molecule has 0 spiro atoms. The number of benzene rings is 3. The zero-order valence-electron chi connectivity index (χ0n) is 35.3. The van der Waals surface area contributed by atoms with Crippen LogP contribution < -0.4 is 0 Å². The maximum Gasteiger partial charge on any atom is 0.313 e. The van der Waals surface area contributed by atoms with Gasteiger partial charge >= 0.3 is 11.9 Å². The molecular formula is C50H73NO6. The summed E-state index contributed by atoms with van der Waals surface area (Å²) in [5.41, 5.74) is 1.47. The summed E-state index contributed by atoms with van der Waals surface area (Å²) < 4.78 is 0. The van der Waals surface area contributed by atoms with Crippen molar-refractivity contribution < 1.29 is 30.0 Å². The molecule has 1 aliphatic heterocycles. The first kappa shape index (κ1) is 47.6. The molecule has 57 heavy (non-hydrogen) atoms. The molecule has 1 aliphatic rings. The molecule has 1 atom stereocenters. The molecule has 0 amide bonds. The summed E-state index contributed by atoms with van der Waals surface area (Å²) in [5, 5.41) is 40.7. The van der Waals surface area contributed by atoms with Crippen LogP contribution in [0.15, 0.2) is 97.1 Å². The van der Waals surface area contributed by atoms with Crippen molar-refractivity contribution in [3.05, 3.63) is 119 Å². The van der Waals surface area contributed by atoms with E-state index in [9.17, 15) is 24.9 Å². The molecule has 4 rings (SSSR count). The van der Waals surface area contributed by atoms with Gasteiger partial charge in [0.2, 0.25) is 0 Å². The van der Waals surface area contributed by atoms with Crippen molar-refractivity contribution in [2.24, 2.45) is 5.92 Å². The second-order valence-electron chi connectivity index (χ2n) is 16.6. The maximum absolute atomic E-state index is 12.1. The second-order valence-corrected chi connectivity index (χ2v) is 16.6. The van der Waals surface area contributed by atoms with E-state index in [1.165, 1.54) is 70.6 Å². The van der Waals surface area contributed by atoms with Gasteiger partial charge in [-0.25, -0.2) is 0 Å². The van der Waals surface area contributed by atoms with Gasteiger partial charge in [0.1, 0.15) is 5.60 Å². The van der Waals surface area contributed by atoms with Crippen LogP contribution in [0.1, 0.15) is 165 Å². The Hall–Kier alpha value is -3.78. The number of aliphatic carboxylic acids is 2. The number of carboxylic acids is 2. The standard InChI is InChI=1S/C32H39NO4.C18H34O2/c1-31(2,30(35)36)25-17-15-24(16-18-25)29(34)14-9-21-33-22-19-28(20-23-33)32(37,26-10-5-3-6-11-26)27-12-7-4-8-13-27;1-2-3-4-5-6-7-8-9-10-11-12-13-14-15-16-17-18(19)20/h3-8,10-13,15-18,28-29,34,37H,9,14,19-23H2,1-2H3,(H,35,36);9-10H,2-8,11-17H2,1H3,(H,19,20)/b;10-9-. The summed E-state index contributed by atoms with van der Waals surface area (Å²) in [6, 6.07) is 27.3. The topological polar surface area (TPSA) is 118 Å². The monoisotopic (exact) mass is 784 g/mol. The molecule has 1 fully saturated rings. The smallest absolute Gasteiger partial charge is 0.313 e. The predicted octanol–water partition coefficient (Wildman–Crippen LogP) is 11.6. The number of hydrogen-bond donors (Lipinski definition) is 4. The highest BCUT2D eigenvalue weighted by molar-refractivity contribution is 5.80. The van der Waals surface area contributed by atoms with Gasteiger partial charge in [-0.3, -0.25) is 9.59 Å². The molecule has 7 heteroatoms. The van der Waals surface area contributed by atoms with Crippen LogP contribution in [0.25, 0.3) is 0 Å². The van der Waals surface area contributed by atoms with Gasteiger partial charge in [-0.15, -0.1) is 0 Å². The van der Waals surface area contributed by atoms with E-state index in [4.69, 9.17) is 5.11 Å². The van der Waals surface area contributed by atoms with Gasteiger partial charge in [0.15, 0.2) is 0 Å². The molecule has 1 heterocycles. The number of carbonyl (C=O) groups is 2. The molecule has 7 nitrogen and oxygen atoms in total. The fourth-order valence-electron chi connectivity index (χ4n) is 7.86. The molecule has 1 unspecified atom stereocenters. The van der Waals surface area contributed by atoms with Crippen molar-refractivity contribution in [1.29, 1.82) is 0 Å². The van der Waals surface area contributed by atoms with Crippen molar-refractivity contribution in [2.75, 3.05) is 19.6 Å². The van der Waals surface area contributed by atoms with Crippen molar-refractivity contribution in [3.8, 4) is 0 Å². The molecule has 0 radical (unpaired) electrons. The van der Waals surface area contributed by atoms with E-state index < -0.39 is 29.1 Å². The Morgan fingerprint density at radius 1 is 0.684 bits per heavy atom. The van der Waals surface area contributed by atoms with Gasteiger partial charge in [-0.1, -0.05) is 155 Å². The van der Waals surface area contributed by atoms with E-state index in [0.717, 1.165) is 74.0 Å². The van der Waals surface area contributed by atoms with Gasteiger partial charge in [0.25, 0.3) is 0 Å². The number of piperidine rings is 1. The lowest BCUT2D eigenvalue weighted by atomic mass is 9.72. The first-order valence-corrected chi connectivity index (χ1v) is 21.9. The average Bonchev–Trinajstić information content (AvgIpc) is 3.23. The number of aliphatic hydroxyl groups excluding tert-OH is 1. The van der Waals surface area contributed by atoms with Crippen LogP contribution in [-0.4, -0.2) is 56.9 Å². The third kappa shape index (κ3) is 16.5. The molecule has 0 aromatic heterocycles. The molecule has 4 N–H and O–H groups in total. The van der Waals surface area contributed by atoms with E-state index in [2.05, 4.69) is 24.0 Å². The van der Waals surface area contributed by atoms with Crippen LogP contribution in [-0.2, 0) is 20.6 Å². The van der Waals surface area contributed by atoms with Crippen LogP contribution in [0.3, 0.4) is 0 Å². The Kier molecular flexibility index (Phi) is 21.9. The lowest BCUT2D eigenvalue weighted by Crippen LogP contribution is -2.44. The van der Waals surface area contributed by atoms with Crippen LogP contribution >= 0.6 is 0 Å². The highest BCUT2D eigenvalue weighted by atomic mass is 16.4. The zero-order valence-corrected chi connectivity index (χ0v) is 35.3. The molecule has 0 saturated carbocycles. The summed E-state index contributed by atoms with van der Waals surface area (Å²) in [7, 11) is 0. The van der Waals surface area contributed by atoms with Gasteiger partial charge < -0.3 is 25.3 Å². The quantitative estimate of drug-likeness (QED) is 0.0499. The molecule has 314 valence electrons. The van der Waals surface area contributed by atoms with Gasteiger partial charge in [-0.2, -0.15) is 0 Å². The normalized spacial score (nSPS) is 14.6. The van der Waals surface area contributed by atoms with E-state index in [-0.39, 0.29) is 5.92 Å². The molecule has 3 aromatic carbocycles. The van der Waals surface area contributed by atoms with E-state index >= 15 is 0 Å². The minimum Gasteiger partial charge on any atom is -0.481 e. The summed E-state index contributed by atoms with van der Waals surface area (Å²) in [5.74, 6) is -1.40. The first-order chi connectivity index (χ1) is 27.5. The summed E-state index contributed by atoms with van der Waals surface area (Å²) in [4.78, 5) is 24.2. The van der Waals surface area contributed by atoms with E-state index in [1.807, 2.05) is 72.8 Å². The third-order valence-electron chi connectivity index (χ3n) is 11.8. The lowest BCUT2D eigenvalue weighted by Gasteiger charge is -2.42. The van der Waals surface area contributed by atoms with Gasteiger partial charge in [-0.05, 0) is 119 Å². The minimum absolute atomic E-state index is 0.132. The number of nitrogens with zero attached hydrogens (tertiary/aromatic N) is 1. The van der Waals surface area contributed by atoms with Crippen molar-refractivity contribution in [3.63, 3.8) is 0 Å². The van der Waals surface area contributed by atoms with Crippen molar-refractivity contribution in [2.45, 2.75) is 153 Å². The van der Waals surface area contributed by atoms with E-state index in [1.54, 1.807) is 26.0 Å². The highest BCUT2D eigenvalue weighted by Crippen LogP contribution is 2.42. The number of allylic oxidation sites excluding steroid dienone is 2. The fourth-order valence-corrected chi connectivity index (χ4v) is 7.86. The summed E-state index contributed by atoms with van der Waals surface area (Å²) >= 11 is 0. The lowest BCUT2D eigenvalue weighted by molar-refractivity contribution is -0.142. The van der Waals surface area contributed by atoms with Crippen LogP contribution in [0.5, 0.6) is 0 Å². The molecule has 0 bridgehead atoms. The number of rotatable bonds is 25. The molecule has 3 aromatic rings. The first-order valence-electron chi connectivity index (χ1n) is 21.9. The van der Waals surface area contributed by atoms with Crippen LogP contribution in [0.2, 0.25) is 0 Å². The number of likely N-dealkylation sites (tertiary alicyclic amines) is 1. The number of unbranched alkanes of at least 4 members (excludes halogenated alkanes) is 11. The Bertz CT molecular complexity index is 1510.